The molecule has 3 aromatic rings. The summed E-state index contributed by atoms with van der Waals surface area (Å²) in [5.41, 5.74) is 3.04. The molecule has 0 atom stereocenters. The Morgan fingerprint density at radius 1 is 1.24 bits per heavy atom. The molecule has 1 aromatic carbocycles. The minimum Gasteiger partial charge on any atom is -0.456 e. The molecule has 0 radical (unpaired) electrons. The number of carbonyl (C=O) groups is 1. The van der Waals surface area contributed by atoms with Gasteiger partial charge in [-0.05, 0) is 43.3 Å². The smallest absolute Gasteiger partial charge is 0.338 e. The van der Waals surface area contributed by atoms with Crippen molar-refractivity contribution in [2.24, 2.45) is 0 Å². The summed E-state index contributed by atoms with van der Waals surface area (Å²) >= 11 is 5.80. The molecule has 21 heavy (non-hydrogen) atoms. The summed E-state index contributed by atoms with van der Waals surface area (Å²) in [6.07, 6.45) is 1.90. The number of hydrogen-bond acceptors (Lipinski definition) is 3. The Labute approximate surface area is 126 Å². The number of halogens is 1. The minimum atomic E-state index is -0.378. The van der Waals surface area contributed by atoms with Gasteiger partial charge in [-0.3, -0.25) is 0 Å². The lowest BCUT2D eigenvalue weighted by atomic mass is 10.2. The first-order chi connectivity index (χ1) is 10.1. The number of carbonyl (C=O) groups excluding carboxylic acids is 1. The topological polar surface area (TPSA) is 43.6 Å². The fourth-order valence-corrected chi connectivity index (χ4v) is 2.27. The Balaban J connectivity index is 1.79. The third-order valence-corrected chi connectivity index (χ3v) is 3.50. The molecule has 5 heteroatoms. The SMILES string of the molecule is Cc1nc2ccccn2c1COC(=O)c1ccc(Cl)cc1. The van der Waals surface area contributed by atoms with Crippen molar-refractivity contribution < 1.29 is 9.53 Å². The molecule has 0 amide bonds. The lowest BCUT2D eigenvalue weighted by Crippen LogP contribution is -2.07. The fraction of sp³-hybridized carbons (Fsp3) is 0.125. The number of aromatic nitrogens is 2. The van der Waals surface area contributed by atoms with E-state index in [0.717, 1.165) is 17.0 Å². The van der Waals surface area contributed by atoms with Crippen LogP contribution in [-0.4, -0.2) is 15.4 Å². The number of hydrogen-bond donors (Lipinski definition) is 0. The predicted molar refractivity (Wildman–Crippen MR) is 80.5 cm³/mol. The van der Waals surface area contributed by atoms with Crippen molar-refractivity contribution in [3.63, 3.8) is 0 Å². The number of aryl methyl sites for hydroxylation is 1. The molecule has 0 bridgehead atoms. The Morgan fingerprint density at radius 3 is 2.76 bits per heavy atom. The van der Waals surface area contributed by atoms with Crippen molar-refractivity contribution in [3.05, 3.63) is 70.6 Å². The fourth-order valence-electron chi connectivity index (χ4n) is 2.14. The van der Waals surface area contributed by atoms with Gasteiger partial charge in [0.15, 0.2) is 0 Å². The maximum Gasteiger partial charge on any atom is 0.338 e. The highest BCUT2D eigenvalue weighted by atomic mass is 35.5. The molecule has 2 heterocycles. The first-order valence-corrected chi connectivity index (χ1v) is 6.88. The number of imidazole rings is 1. The molecule has 0 N–H and O–H groups in total. The van der Waals surface area contributed by atoms with E-state index in [0.29, 0.717) is 10.6 Å². The van der Waals surface area contributed by atoms with Gasteiger partial charge < -0.3 is 9.14 Å². The highest BCUT2D eigenvalue weighted by Crippen LogP contribution is 2.15. The summed E-state index contributed by atoms with van der Waals surface area (Å²) in [5, 5.41) is 0.587. The van der Waals surface area contributed by atoms with Gasteiger partial charge in [0.1, 0.15) is 12.3 Å². The van der Waals surface area contributed by atoms with Crippen LogP contribution >= 0.6 is 11.6 Å². The molecule has 0 aliphatic rings. The maximum absolute atomic E-state index is 12.0. The molecule has 0 aliphatic heterocycles. The number of fused-ring (bicyclic) bond motifs is 1. The second-order valence-corrected chi connectivity index (χ2v) is 5.09. The van der Waals surface area contributed by atoms with Crippen LogP contribution in [0.1, 0.15) is 21.7 Å². The molecule has 0 saturated heterocycles. The number of esters is 1. The standard InChI is InChI=1S/C16H13ClN2O2/c1-11-14(19-9-3-2-4-15(19)18-11)10-21-16(20)12-5-7-13(17)8-6-12/h2-9H,10H2,1H3. The van der Waals surface area contributed by atoms with Crippen molar-refractivity contribution in [1.29, 1.82) is 0 Å². The van der Waals surface area contributed by atoms with E-state index in [1.807, 2.05) is 35.7 Å². The van der Waals surface area contributed by atoms with Gasteiger partial charge in [-0.25, -0.2) is 9.78 Å². The Hall–Kier alpha value is -2.33. The van der Waals surface area contributed by atoms with Gasteiger partial charge in [0, 0.05) is 11.2 Å². The first-order valence-electron chi connectivity index (χ1n) is 6.50. The number of pyridine rings is 1. The summed E-state index contributed by atoms with van der Waals surface area (Å²) in [7, 11) is 0. The molecule has 0 fully saturated rings. The van der Waals surface area contributed by atoms with E-state index < -0.39 is 0 Å². The second-order valence-electron chi connectivity index (χ2n) is 4.66. The first kappa shape index (κ1) is 13.6. The van der Waals surface area contributed by atoms with Crippen molar-refractivity contribution in [1.82, 2.24) is 9.38 Å². The van der Waals surface area contributed by atoms with Gasteiger partial charge >= 0.3 is 5.97 Å². The van der Waals surface area contributed by atoms with Crippen molar-refractivity contribution in [3.8, 4) is 0 Å². The van der Waals surface area contributed by atoms with Gasteiger partial charge in [-0.2, -0.15) is 0 Å². The van der Waals surface area contributed by atoms with Crippen molar-refractivity contribution >= 4 is 23.2 Å². The van der Waals surface area contributed by atoms with E-state index in [4.69, 9.17) is 16.3 Å². The normalized spacial score (nSPS) is 10.8. The zero-order valence-electron chi connectivity index (χ0n) is 11.4. The van der Waals surface area contributed by atoms with Crippen LogP contribution in [0, 0.1) is 6.92 Å². The average molecular weight is 301 g/mol. The van der Waals surface area contributed by atoms with Gasteiger partial charge in [-0.1, -0.05) is 17.7 Å². The predicted octanol–water partition coefficient (Wildman–Crippen LogP) is 3.65. The lowest BCUT2D eigenvalue weighted by Gasteiger charge is -2.06. The van der Waals surface area contributed by atoms with Gasteiger partial charge in [0.05, 0.1) is 17.0 Å². The van der Waals surface area contributed by atoms with Crippen LogP contribution in [0.3, 0.4) is 0 Å². The molecule has 0 unspecified atom stereocenters. The zero-order chi connectivity index (χ0) is 14.8. The van der Waals surface area contributed by atoms with Crippen LogP contribution in [0.15, 0.2) is 48.7 Å². The summed E-state index contributed by atoms with van der Waals surface area (Å²) < 4.78 is 7.28. The van der Waals surface area contributed by atoms with Gasteiger partial charge in [0.25, 0.3) is 0 Å². The van der Waals surface area contributed by atoms with E-state index in [1.165, 1.54) is 0 Å². The highest BCUT2D eigenvalue weighted by molar-refractivity contribution is 6.30. The summed E-state index contributed by atoms with van der Waals surface area (Å²) in [6.45, 7) is 2.08. The molecule has 2 aromatic heterocycles. The quantitative estimate of drug-likeness (QED) is 0.693. The molecule has 0 saturated carbocycles. The van der Waals surface area contributed by atoms with Crippen LogP contribution in [0.2, 0.25) is 5.02 Å². The lowest BCUT2D eigenvalue weighted by molar-refractivity contribution is 0.0466. The van der Waals surface area contributed by atoms with Gasteiger partial charge in [0.2, 0.25) is 0 Å². The van der Waals surface area contributed by atoms with E-state index in [1.54, 1.807) is 24.3 Å². The van der Waals surface area contributed by atoms with E-state index in [-0.39, 0.29) is 12.6 Å². The summed E-state index contributed by atoms with van der Waals surface area (Å²) in [5.74, 6) is -0.378. The largest absolute Gasteiger partial charge is 0.456 e. The molecule has 0 spiro atoms. The second kappa shape index (κ2) is 5.58. The van der Waals surface area contributed by atoms with Gasteiger partial charge in [-0.15, -0.1) is 0 Å². The molecular formula is C16H13ClN2O2. The molecule has 3 rings (SSSR count). The van der Waals surface area contributed by atoms with Crippen LogP contribution in [0.5, 0.6) is 0 Å². The number of nitrogens with zero attached hydrogens (tertiary/aromatic N) is 2. The molecule has 0 aliphatic carbocycles. The third kappa shape index (κ3) is 2.76. The maximum atomic E-state index is 12.0. The number of benzene rings is 1. The summed E-state index contributed by atoms with van der Waals surface area (Å²) in [4.78, 5) is 16.4. The van der Waals surface area contributed by atoms with Crippen LogP contribution in [0.4, 0.5) is 0 Å². The Kier molecular flexibility index (Phi) is 3.62. The Bertz CT molecular complexity index is 794. The van der Waals surface area contributed by atoms with Crippen LogP contribution in [0.25, 0.3) is 5.65 Å². The monoisotopic (exact) mass is 300 g/mol. The zero-order valence-corrected chi connectivity index (χ0v) is 12.2. The van der Waals surface area contributed by atoms with E-state index in [2.05, 4.69) is 4.98 Å². The average Bonchev–Trinajstić information content (AvgIpc) is 2.81. The molecule has 106 valence electrons. The van der Waals surface area contributed by atoms with Crippen LogP contribution < -0.4 is 0 Å². The van der Waals surface area contributed by atoms with E-state index >= 15 is 0 Å². The Morgan fingerprint density at radius 2 is 2.00 bits per heavy atom. The summed E-state index contributed by atoms with van der Waals surface area (Å²) in [6, 6.07) is 12.4. The number of ether oxygens (including phenoxy) is 1. The van der Waals surface area contributed by atoms with Crippen molar-refractivity contribution in [2.45, 2.75) is 13.5 Å². The third-order valence-electron chi connectivity index (χ3n) is 3.25. The molecular weight excluding hydrogens is 288 g/mol. The minimum absolute atomic E-state index is 0.179. The van der Waals surface area contributed by atoms with Crippen LogP contribution in [-0.2, 0) is 11.3 Å². The highest BCUT2D eigenvalue weighted by Gasteiger charge is 2.12. The van der Waals surface area contributed by atoms with Crippen molar-refractivity contribution in [2.75, 3.05) is 0 Å². The molecule has 4 nitrogen and oxygen atoms in total. The number of rotatable bonds is 3. The van der Waals surface area contributed by atoms with E-state index in [9.17, 15) is 4.79 Å².